The average Bonchev–Trinajstić information content (AvgIpc) is 3.19. The van der Waals surface area contributed by atoms with Crippen LogP contribution in [-0.2, 0) is 19.6 Å². The predicted octanol–water partition coefficient (Wildman–Crippen LogP) is 3.96. The fourth-order valence-electron chi connectivity index (χ4n) is 3.66. The maximum atomic E-state index is 13.8. The van der Waals surface area contributed by atoms with E-state index in [9.17, 15) is 40.0 Å². The smallest absolute Gasteiger partial charge is 0.427 e. The number of nitrogens with zero attached hydrogens (tertiary/aromatic N) is 3. The monoisotopic (exact) mass is 583 g/mol. The molecule has 1 aliphatic rings. The summed E-state index contributed by atoms with van der Waals surface area (Å²) >= 11 is 0. The molecular formula is C22H26F5N5O6S. The Labute approximate surface area is 220 Å². The number of fused-ring (bicyclic) bond motifs is 1. The van der Waals surface area contributed by atoms with Crippen molar-refractivity contribution in [3.8, 4) is 5.75 Å². The summed E-state index contributed by atoms with van der Waals surface area (Å²) in [7, 11) is -4.60. The lowest BCUT2D eigenvalue weighted by Crippen LogP contribution is -2.54. The van der Waals surface area contributed by atoms with Gasteiger partial charge >= 0.3 is 18.8 Å². The number of ether oxygens (including phenoxy) is 2. The normalized spacial score (nSPS) is 17.9. The highest BCUT2D eigenvalue weighted by Gasteiger charge is 2.51. The summed E-state index contributed by atoms with van der Waals surface area (Å²) in [6.07, 6.45) is -6.59. The standard InChI is InChI=1S/C22H26F5N5O6S/c1-11-18(10-31(30-11)19(23)24)39(35,36)32-12(2)17(9-28-13(3)33)37-16-7-6-14(8-15(16)32)29-20(34)38-21(4,5)22(25,26)27/h6-8,10,12,17,19H,9H2,1-5H3,(H,28,33)(H,29,34). The molecule has 0 aliphatic carbocycles. The van der Waals surface area contributed by atoms with Gasteiger partial charge in [-0.2, -0.15) is 27.1 Å². The number of hydrogen-bond donors (Lipinski definition) is 2. The maximum Gasteiger partial charge on any atom is 0.427 e. The van der Waals surface area contributed by atoms with Crippen molar-refractivity contribution in [1.29, 1.82) is 0 Å². The number of anilines is 2. The summed E-state index contributed by atoms with van der Waals surface area (Å²) < 4.78 is 105. The lowest BCUT2D eigenvalue weighted by Gasteiger charge is -2.41. The fraction of sp³-hybridized carbons (Fsp3) is 0.500. The van der Waals surface area contributed by atoms with Gasteiger partial charge in [0.2, 0.25) is 11.5 Å². The zero-order valence-corrected chi connectivity index (χ0v) is 22.2. The van der Waals surface area contributed by atoms with E-state index in [2.05, 4.69) is 20.5 Å². The van der Waals surface area contributed by atoms with Crippen molar-refractivity contribution in [2.75, 3.05) is 16.2 Å². The molecule has 1 aliphatic heterocycles. The molecule has 39 heavy (non-hydrogen) atoms. The first-order valence-electron chi connectivity index (χ1n) is 11.4. The van der Waals surface area contributed by atoms with Gasteiger partial charge < -0.3 is 14.8 Å². The molecule has 0 saturated heterocycles. The van der Waals surface area contributed by atoms with Crippen LogP contribution in [-0.4, -0.2) is 60.7 Å². The van der Waals surface area contributed by atoms with Gasteiger partial charge in [-0.05, 0) is 45.9 Å². The van der Waals surface area contributed by atoms with E-state index in [1.807, 2.05) is 0 Å². The van der Waals surface area contributed by atoms with E-state index in [-0.39, 0.29) is 34.0 Å². The van der Waals surface area contributed by atoms with Gasteiger partial charge in [-0.25, -0.2) is 17.9 Å². The third kappa shape index (κ3) is 6.17. The molecule has 0 saturated carbocycles. The van der Waals surface area contributed by atoms with Gasteiger partial charge in [0.25, 0.3) is 10.0 Å². The molecule has 11 nitrogen and oxygen atoms in total. The van der Waals surface area contributed by atoms with Crippen LogP contribution in [0.3, 0.4) is 0 Å². The zero-order chi connectivity index (χ0) is 29.5. The first-order valence-corrected chi connectivity index (χ1v) is 12.8. The van der Waals surface area contributed by atoms with Gasteiger partial charge in [-0.3, -0.25) is 14.4 Å². The number of nitrogens with one attached hydrogen (secondary N) is 2. The number of carbonyl (C=O) groups excluding carboxylic acids is 2. The summed E-state index contributed by atoms with van der Waals surface area (Å²) in [6.45, 7) is 1.99. The van der Waals surface area contributed by atoms with E-state index in [0.717, 1.165) is 10.4 Å². The van der Waals surface area contributed by atoms with Gasteiger partial charge in [0, 0.05) is 12.6 Å². The molecule has 2 atom stereocenters. The molecular weight excluding hydrogens is 557 g/mol. The lowest BCUT2D eigenvalue weighted by molar-refractivity contribution is -0.242. The van der Waals surface area contributed by atoms with Crippen molar-refractivity contribution in [2.24, 2.45) is 0 Å². The molecule has 0 spiro atoms. The SMILES string of the molecule is CC(=O)NCC1Oc2ccc(NC(=O)OC(C)(C)C(F)(F)F)cc2N(S(=O)(=O)c2cn(C(F)F)nc2C)C1C. The van der Waals surface area contributed by atoms with Gasteiger partial charge in [-0.15, -0.1) is 0 Å². The predicted molar refractivity (Wildman–Crippen MR) is 127 cm³/mol. The Morgan fingerprint density at radius 1 is 1.23 bits per heavy atom. The van der Waals surface area contributed by atoms with E-state index in [1.165, 1.54) is 32.9 Å². The molecule has 2 aromatic rings. The fourth-order valence-corrected chi connectivity index (χ4v) is 5.50. The second-order valence-electron chi connectivity index (χ2n) is 9.18. The number of aromatic nitrogens is 2. The second-order valence-corrected chi connectivity index (χ2v) is 11.0. The second kappa shape index (κ2) is 10.5. The van der Waals surface area contributed by atoms with E-state index < -0.39 is 57.4 Å². The van der Waals surface area contributed by atoms with Crippen molar-refractivity contribution >= 4 is 33.4 Å². The van der Waals surface area contributed by atoms with Crippen LogP contribution >= 0.6 is 0 Å². The Morgan fingerprint density at radius 3 is 2.41 bits per heavy atom. The molecule has 3 rings (SSSR count). The van der Waals surface area contributed by atoms with Gasteiger partial charge in [0.15, 0.2) is 0 Å². The quantitative estimate of drug-likeness (QED) is 0.472. The van der Waals surface area contributed by atoms with E-state index in [1.54, 1.807) is 0 Å². The third-order valence-electron chi connectivity index (χ3n) is 5.82. The largest absolute Gasteiger partial charge is 0.484 e. The molecule has 17 heteroatoms. The summed E-state index contributed by atoms with van der Waals surface area (Å²) in [4.78, 5) is 23.1. The topological polar surface area (TPSA) is 132 Å². The molecule has 0 bridgehead atoms. The first-order chi connectivity index (χ1) is 17.8. The van der Waals surface area contributed by atoms with Gasteiger partial charge in [0.05, 0.1) is 30.2 Å². The van der Waals surface area contributed by atoms with Crippen LogP contribution in [0.2, 0.25) is 0 Å². The van der Waals surface area contributed by atoms with E-state index in [0.29, 0.717) is 20.0 Å². The number of benzene rings is 1. The number of carbonyl (C=O) groups is 2. The lowest BCUT2D eigenvalue weighted by atomic mass is 10.1. The number of alkyl halides is 5. The average molecular weight is 584 g/mol. The summed E-state index contributed by atoms with van der Waals surface area (Å²) in [5.41, 5.74) is -3.34. The minimum atomic E-state index is -4.86. The first kappa shape index (κ1) is 29.9. The van der Waals surface area contributed by atoms with E-state index in [4.69, 9.17) is 4.74 Å². The summed E-state index contributed by atoms with van der Waals surface area (Å²) in [5, 5.41) is 8.19. The van der Waals surface area contributed by atoms with E-state index >= 15 is 0 Å². The highest BCUT2D eigenvalue weighted by molar-refractivity contribution is 7.93. The number of aryl methyl sites for hydroxylation is 1. The summed E-state index contributed by atoms with van der Waals surface area (Å²) in [5.74, 6) is -0.444. The molecule has 2 unspecified atom stereocenters. The molecule has 216 valence electrons. The van der Waals surface area contributed by atoms with Crippen LogP contribution in [0.5, 0.6) is 5.75 Å². The minimum absolute atomic E-state index is 0.0273. The number of sulfonamides is 1. The number of halogens is 5. The Bertz CT molecular complexity index is 1360. The number of hydrogen-bond acceptors (Lipinski definition) is 7. The van der Waals surface area contributed by atoms with Crippen molar-refractivity contribution in [1.82, 2.24) is 15.1 Å². The van der Waals surface area contributed by atoms with Crippen LogP contribution in [0.4, 0.5) is 38.1 Å². The molecule has 1 aromatic carbocycles. The Hall–Kier alpha value is -3.63. The zero-order valence-electron chi connectivity index (χ0n) is 21.3. The van der Waals surface area contributed by atoms with Gasteiger partial charge in [0.1, 0.15) is 16.7 Å². The third-order valence-corrected chi connectivity index (χ3v) is 7.82. The molecule has 2 N–H and O–H groups in total. The minimum Gasteiger partial charge on any atom is -0.484 e. The molecule has 0 radical (unpaired) electrons. The highest BCUT2D eigenvalue weighted by Crippen LogP contribution is 2.42. The van der Waals surface area contributed by atoms with Gasteiger partial charge in [-0.1, -0.05) is 0 Å². The van der Waals surface area contributed by atoms with Crippen LogP contribution in [0, 0.1) is 6.92 Å². The van der Waals surface area contributed by atoms with Crippen LogP contribution in [0.1, 0.15) is 39.9 Å². The molecule has 0 fully saturated rings. The Morgan fingerprint density at radius 2 is 1.87 bits per heavy atom. The van der Waals surface area contributed by atoms with Crippen LogP contribution in [0.15, 0.2) is 29.3 Å². The van der Waals surface area contributed by atoms with Crippen LogP contribution in [0.25, 0.3) is 0 Å². The maximum absolute atomic E-state index is 13.8. The van der Waals surface area contributed by atoms with Crippen molar-refractivity contribution in [2.45, 2.75) is 70.0 Å². The Kier molecular flexibility index (Phi) is 8.06. The van der Waals surface area contributed by atoms with Crippen molar-refractivity contribution in [3.05, 3.63) is 30.1 Å². The highest BCUT2D eigenvalue weighted by atomic mass is 32.2. The van der Waals surface area contributed by atoms with Crippen LogP contribution < -0.4 is 19.7 Å². The van der Waals surface area contributed by atoms with Crippen molar-refractivity contribution in [3.63, 3.8) is 0 Å². The number of amides is 2. The molecule has 2 amide bonds. The Balaban J connectivity index is 2.05. The molecule has 2 heterocycles. The summed E-state index contributed by atoms with van der Waals surface area (Å²) in [6, 6.07) is 2.57. The number of rotatable bonds is 7. The van der Waals surface area contributed by atoms with Crippen molar-refractivity contribution < 1.29 is 49.4 Å². The molecule has 1 aromatic heterocycles.